The molecule has 31 heavy (non-hydrogen) atoms. The maximum absolute atomic E-state index is 9.94. The van der Waals surface area contributed by atoms with E-state index in [9.17, 15) is 10.2 Å². The minimum absolute atomic E-state index is 0.0400. The van der Waals surface area contributed by atoms with Crippen LogP contribution in [-0.4, -0.2) is 48.1 Å². The van der Waals surface area contributed by atoms with Crippen LogP contribution in [0.4, 0.5) is 0 Å². The predicted molar refractivity (Wildman–Crippen MR) is 123 cm³/mol. The van der Waals surface area contributed by atoms with Gasteiger partial charge in [0.25, 0.3) is 0 Å². The molecule has 1 heterocycles. The van der Waals surface area contributed by atoms with E-state index in [1.807, 2.05) is 13.0 Å². The second kappa shape index (κ2) is 12.7. The van der Waals surface area contributed by atoms with Crippen LogP contribution in [-0.2, 0) is 15.9 Å². The fourth-order valence-corrected chi connectivity index (χ4v) is 4.10. The highest BCUT2D eigenvalue weighted by Gasteiger charge is 2.26. The zero-order valence-electron chi connectivity index (χ0n) is 18.8. The van der Waals surface area contributed by atoms with Crippen molar-refractivity contribution in [2.45, 2.75) is 58.0 Å². The Balaban J connectivity index is 1.17. The molecule has 0 radical (unpaired) electrons. The van der Waals surface area contributed by atoms with Crippen LogP contribution in [0.5, 0.6) is 11.5 Å². The van der Waals surface area contributed by atoms with Crippen molar-refractivity contribution in [2.75, 3.05) is 33.0 Å². The lowest BCUT2D eigenvalue weighted by atomic mass is 10.0. The van der Waals surface area contributed by atoms with Gasteiger partial charge in [-0.2, -0.15) is 0 Å². The van der Waals surface area contributed by atoms with E-state index in [-0.39, 0.29) is 17.6 Å². The van der Waals surface area contributed by atoms with Gasteiger partial charge in [0.15, 0.2) is 11.5 Å². The molecule has 0 aliphatic carbocycles. The van der Waals surface area contributed by atoms with Gasteiger partial charge in [-0.25, -0.2) is 0 Å². The fourth-order valence-electron chi connectivity index (χ4n) is 4.10. The number of unbranched alkanes of at least 4 members (excludes halogenated alkanes) is 4. The standard InChI is InChI=1S/C26H37NO4/c1-21-23(14-15-24(28)26(21)29)25-19-27(20-31-25)16-8-2-3-9-17-30-18-10-7-13-22-11-5-4-6-12-22/h4-6,11-12,14-15,25,28-29H,2-3,7-10,13,16-20H2,1H3/t25-/m0/s1. The Labute approximate surface area is 186 Å². The van der Waals surface area contributed by atoms with Crippen LogP contribution >= 0.6 is 0 Å². The molecule has 0 aromatic heterocycles. The molecule has 2 N–H and O–H groups in total. The lowest BCUT2D eigenvalue weighted by Gasteiger charge is -2.15. The van der Waals surface area contributed by atoms with E-state index in [1.54, 1.807) is 0 Å². The lowest BCUT2D eigenvalue weighted by Crippen LogP contribution is -2.21. The number of benzene rings is 2. The van der Waals surface area contributed by atoms with Crippen LogP contribution in [0.1, 0.15) is 61.3 Å². The van der Waals surface area contributed by atoms with Crippen LogP contribution in [0.25, 0.3) is 0 Å². The molecule has 0 saturated carbocycles. The molecule has 1 fully saturated rings. The fraction of sp³-hybridized carbons (Fsp3) is 0.538. The summed E-state index contributed by atoms with van der Waals surface area (Å²) < 4.78 is 11.7. The first-order valence-corrected chi connectivity index (χ1v) is 11.6. The van der Waals surface area contributed by atoms with Gasteiger partial charge >= 0.3 is 0 Å². The molecule has 1 atom stereocenters. The molecule has 3 rings (SSSR count). The number of phenolic OH excluding ortho intramolecular Hbond substituents is 2. The summed E-state index contributed by atoms with van der Waals surface area (Å²) in [5.74, 6) is -0.120. The summed E-state index contributed by atoms with van der Waals surface area (Å²) in [6.45, 7) is 6.03. The molecule has 1 saturated heterocycles. The van der Waals surface area contributed by atoms with Crippen molar-refractivity contribution in [1.82, 2.24) is 4.90 Å². The highest BCUT2D eigenvalue weighted by atomic mass is 16.5. The first-order chi connectivity index (χ1) is 15.1. The van der Waals surface area contributed by atoms with E-state index < -0.39 is 0 Å². The summed E-state index contributed by atoms with van der Waals surface area (Å²) in [5.41, 5.74) is 3.07. The molecule has 1 aliphatic rings. The van der Waals surface area contributed by atoms with Gasteiger partial charge in [-0.3, -0.25) is 4.90 Å². The summed E-state index contributed by atoms with van der Waals surface area (Å²) in [7, 11) is 0. The summed E-state index contributed by atoms with van der Waals surface area (Å²) >= 11 is 0. The van der Waals surface area contributed by atoms with Crippen LogP contribution in [0.3, 0.4) is 0 Å². The molecule has 0 amide bonds. The van der Waals surface area contributed by atoms with Gasteiger partial charge in [0, 0.05) is 31.9 Å². The Bertz CT molecular complexity index is 780. The number of ether oxygens (including phenoxy) is 2. The molecular formula is C26H37NO4. The van der Waals surface area contributed by atoms with Gasteiger partial charge < -0.3 is 19.7 Å². The zero-order valence-corrected chi connectivity index (χ0v) is 18.8. The largest absolute Gasteiger partial charge is 0.504 e. The number of hydrogen-bond donors (Lipinski definition) is 2. The monoisotopic (exact) mass is 427 g/mol. The second-order valence-electron chi connectivity index (χ2n) is 8.48. The third kappa shape index (κ3) is 7.53. The molecule has 5 nitrogen and oxygen atoms in total. The van der Waals surface area contributed by atoms with Crippen LogP contribution in [0.2, 0.25) is 0 Å². The Morgan fingerprint density at radius 1 is 0.935 bits per heavy atom. The Morgan fingerprint density at radius 3 is 2.48 bits per heavy atom. The molecule has 0 bridgehead atoms. The number of aromatic hydroxyl groups is 2. The normalized spacial score (nSPS) is 16.7. The molecular weight excluding hydrogens is 390 g/mol. The smallest absolute Gasteiger partial charge is 0.160 e. The van der Waals surface area contributed by atoms with Crippen molar-refractivity contribution in [2.24, 2.45) is 0 Å². The number of rotatable bonds is 13. The topological polar surface area (TPSA) is 62.2 Å². The maximum Gasteiger partial charge on any atom is 0.160 e. The van der Waals surface area contributed by atoms with Gasteiger partial charge in [0.05, 0.1) is 12.8 Å². The number of phenols is 2. The van der Waals surface area contributed by atoms with Crippen LogP contribution in [0, 0.1) is 6.92 Å². The van der Waals surface area contributed by atoms with Crippen molar-refractivity contribution >= 4 is 0 Å². The van der Waals surface area contributed by atoms with E-state index >= 15 is 0 Å². The number of aryl methyl sites for hydroxylation is 1. The summed E-state index contributed by atoms with van der Waals surface area (Å²) in [4.78, 5) is 2.32. The molecule has 5 heteroatoms. The SMILES string of the molecule is Cc1c([C@@H]2CN(CCCCCCOCCCCc3ccccc3)CO2)ccc(O)c1O. The average molecular weight is 428 g/mol. The second-order valence-corrected chi connectivity index (χ2v) is 8.48. The summed E-state index contributed by atoms with van der Waals surface area (Å²) in [6, 6.07) is 14.0. The molecule has 1 aliphatic heterocycles. The number of hydrogen-bond acceptors (Lipinski definition) is 5. The predicted octanol–water partition coefficient (Wildman–Crippen LogP) is 5.34. The van der Waals surface area contributed by atoms with Crippen molar-refractivity contribution in [3.8, 4) is 11.5 Å². The van der Waals surface area contributed by atoms with Crippen molar-refractivity contribution in [1.29, 1.82) is 0 Å². The average Bonchev–Trinajstić information content (AvgIpc) is 3.25. The van der Waals surface area contributed by atoms with E-state index in [1.165, 1.54) is 30.9 Å². The van der Waals surface area contributed by atoms with Crippen molar-refractivity contribution < 1.29 is 19.7 Å². The van der Waals surface area contributed by atoms with Gasteiger partial charge in [-0.15, -0.1) is 0 Å². The third-order valence-corrected chi connectivity index (χ3v) is 6.04. The first kappa shape index (κ1) is 23.6. The minimum Gasteiger partial charge on any atom is -0.504 e. The van der Waals surface area contributed by atoms with Crippen LogP contribution < -0.4 is 0 Å². The highest BCUT2D eigenvalue weighted by molar-refractivity contribution is 5.49. The maximum atomic E-state index is 9.94. The molecule has 2 aromatic carbocycles. The molecule has 2 aromatic rings. The Hall–Kier alpha value is -2.08. The van der Waals surface area contributed by atoms with E-state index in [2.05, 4.69) is 35.2 Å². The van der Waals surface area contributed by atoms with E-state index in [0.717, 1.165) is 57.6 Å². The third-order valence-electron chi connectivity index (χ3n) is 6.04. The van der Waals surface area contributed by atoms with Gasteiger partial charge in [0.2, 0.25) is 0 Å². The van der Waals surface area contributed by atoms with Crippen molar-refractivity contribution in [3.63, 3.8) is 0 Å². The minimum atomic E-state index is -0.0766. The molecule has 170 valence electrons. The van der Waals surface area contributed by atoms with Crippen LogP contribution in [0.15, 0.2) is 42.5 Å². The summed E-state index contributed by atoms with van der Waals surface area (Å²) in [5, 5.41) is 19.5. The van der Waals surface area contributed by atoms with Gasteiger partial charge in [0.1, 0.15) is 0 Å². The number of nitrogens with zero attached hydrogens (tertiary/aromatic N) is 1. The van der Waals surface area contributed by atoms with E-state index in [4.69, 9.17) is 9.47 Å². The Kier molecular flexibility index (Phi) is 9.66. The van der Waals surface area contributed by atoms with Gasteiger partial charge in [-0.05, 0) is 56.2 Å². The molecule has 0 spiro atoms. The quantitative estimate of drug-likeness (QED) is 0.334. The summed E-state index contributed by atoms with van der Waals surface area (Å²) in [6.07, 6.45) is 8.11. The van der Waals surface area contributed by atoms with Crippen molar-refractivity contribution in [3.05, 3.63) is 59.2 Å². The first-order valence-electron chi connectivity index (χ1n) is 11.6. The lowest BCUT2D eigenvalue weighted by molar-refractivity contribution is 0.0886. The Morgan fingerprint density at radius 2 is 1.68 bits per heavy atom. The zero-order chi connectivity index (χ0) is 21.9. The van der Waals surface area contributed by atoms with Gasteiger partial charge in [-0.1, -0.05) is 49.2 Å². The molecule has 0 unspecified atom stereocenters. The van der Waals surface area contributed by atoms with E-state index in [0.29, 0.717) is 12.3 Å². The highest BCUT2D eigenvalue weighted by Crippen LogP contribution is 2.36.